The van der Waals surface area contributed by atoms with Gasteiger partial charge in [0, 0.05) is 16.5 Å². The average molecular weight is 373 g/mol. The fourth-order valence-corrected chi connectivity index (χ4v) is 4.73. The molecule has 5 nitrogen and oxygen atoms in total. The number of fused-ring (bicyclic) bond motifs is 1. The highest BCUT2D eigenvalue weighted by molar-refractivity contribution is 7.15. The standard InChI is InChI=1S/C21H19N5S/c1-2-5-15(6-3-1)18-7-4-8-19-20(18)25-21(27-19)24-16-9-11-17(12-10-16)26-14-22-13-23-26/h1-3,5-6,9-14,18H,4,7-8H2,(H,24,25). The number of aryl methyl sites for hydroxylation is 1. The molecule has 0 amide bonds. The minimum atomic E-state index is 0.413. The summed E-state index contributed by atoms with van der Waals surface area (Å²) in [5, 5.41) is 8.59. The maximum atomic E-state index is 4.96. The van der Waals surface area contributed by atoms with Crippen LogP contribution in [0.1, 0.15) is 34.9 Å². The molecule has 4 aromatic rings. The first kappa shape index (κ1) is 16.2. The zero-order valence-corrected chi connectivity index (χ0v) is 15.6. The first-order valence-electron chi connectivity index (χ1n) is 9.13. The number of aromatic nitrogens is 4. The molecule has 0 saturated carbocycles. The van der Waals surface area contributed by atoms with E-state index in [4.69, 9.17) is 4.98 Å². The molecule has 1 atom stereocenters. The fourth-order valence-electron chi connectivity index (χ4n) is 3.64. The molecule has 1 aliphatic rings. The molecule has 2 heterocycles. The van der Waals surface area contributed by atoms with E-state index >= 15 is 0 Å². The van der Waals surface area contributed by atoms with Gasteiger partial charge in [0.05, 0.1) is 11.4 Å². The Balaban J connectivity index is 1.39. The molecule has 1 aliphatic carbocycles. The van der Waals surface area contributed by atoms with Gasteiger partial charge < -0.3 is 5.32 Å². The van der Waals surface area contributed by atoms with Crippen molar-refractivity contribution in [2.24, 2.45) is 0 Å². The van der Waals surface area contributed by atoms with Gasteiger partial charge in [-0.1, -0.05) is 30.3 Å². The molecule has 0 spiro atoms. The van der Waals surface area contributed by atoms with Gasteiger partial charge in [-0.05, 0) is 49.1 Å². The van der Waals surface area contributed by atoms with Crippen molar-refractivity contribution in [2.45, 2.75) is 25.2 Å². The van der Waals surface area contributed by atoms with Crippen LogP contribution in [0.15, 0.2) is 67.3 Å². The van der Waals surface area contributed by atoms with Gasteiger partial charge in [0.15, 0.2) is 5.13 Å². The van der Waals surface area contributed by atoms with E-state index in [0.717, 1.165) is 22.9 Å². The van der Waals surface area contributed by atoms with Crippen molar-refractivity contribution in [3.05, 3.63) is 83.4 Å². The smallest absolute Gasteiger partial charge is 0.187 e. The number of thiazole rings is 1. The SMILES string of the molecule is c1ccc(C2CCCc3sc(Nc4ccc(-n5cncn5)cc4)nc32)cc1. The van der Waals surface area contributed by atoms with Crippen molar-refractivity contribution in [1.29, 1.82) is 0 Å². The van der Waals surface area contributed by atoms with Crippen LogP contribution in [0, 0.1) is 0 Å². The highest BCUT2D eigenvalue weighted by atomic mass is 32.1. The maximum absolute atomic E-state index is 4.96. The third-order valence-corrected chi connectivity index (χ3v) is 6.00. The Morgan fingerprint density at radius 1 is 1.04 bits per heavy atom. The van der Waals surface area contributed by atoms with Crippen LogP contribution in [0.25, 0.3) is 5.69 Å². The molecule has 0 fully saturated rings. The van der Waals surface area contributed by atoms with Gasteiger partial charge in [-0.15, -0.1) is 11.3 Å². The lowest BCUT2D eigenvalue weighted by molar-refractivity contribution is 0.610. The van der Waals surface area contributed by atoms with Gasteiger partial charge >= 0.3 is 0 Å². The van der Waals surface area contributed by atoms with Crippen molar-refractivity contribution >= 4 is 22.2 Å². The monoisotopic (exact) mass is 373 g/mol. The summed E-state index contributed by atoms with van der Waals surface area (Å²) in [5.41, 5.74) is 4.63. The number of hydrogen-bond donors (Lipinski definition) is 1. The third kappa shape index (κ3) is 3.24. The number of nitrogens with one attached hydrogen (secondary N) is 1. The molecule has 2 aromatic carbocycles. The summed E-state index contributed by atoms with van der Waals surface area (Å²) < 4.78 is 1.75. The second-order valence-electron chi connectivity index (χ2n) is 6.69. The number of nitrogens with zero attached hydrogens (tertiary/aromatic N) is 4. The molecule has 134 valence electrons. The lowest BCUT2D eigenvalue weighted by atomic mass is 9.85. The fraction of sp³-hybridized carbons (Fsp3) is 0.190. The van der Waals surface area contributed by atoms with Gasteiger partial charge in [0.25, 0.3) is 0 Å². The topological polar surface area (TPSA) is 55.6 Å². The molecule has 1 unspecified atom stereocenters. The predicted molar refractivity (Wildman–Crippen MR) is 108 cm³/mol. The molecule has 27 heavy (non-hydrogen) atoms. The van der Waals surface area contributed by atoms with Crippen LogP contribution in [-0.2, 0) is 6.42 Å². The molecule has 0 radical (unpaired) electrons. The normalized spacial score (nSPS) is 16.1. The highest BCUT2D eigenvalue weighted by Gasteiger charge is 2.26. The van der Waals surface area contributed by atoms with Crippen LogP contribution in [0.2, 0.25) is 0 Å². The van der Waals surface area contributed by atoms with Gasteiger partial charge in [0.1, 0.15) is 12.7 Å². The van der Waals surface area contributed by atoms with Crippen LogP contribution >= 0.6 is 11.3 Å². The number of rotatable bonds is 4. The molecular weight excluding hydrogens is 354 g/mol. The Morgan fingerprint density at radius 3 is 2.67 bits per heavy atom. The molecule has 6 heteroatoms. The van der Waals surface area contributed by atoms with Gasteiger partial charge in [-0.25, -0.2) is 14.6 Å². The van der Waals surface area contributed by atoms with E-state index in [-0.39, 0.29) is 0 Å². The molecular formula is C21H19N5S. The number of anilines is 2. The first-order chi connectivity index (χ1) is 13.4. The summed E-state index contributed by atoms with van der Waals surface area (Å²) >= 11 is 1.78. The molecule has 0 saturated heterocycles. The van der Waals surface area contributed by atoms with Crippen LogP contribution in [0.4, 0.5) is 10.8 Å². The quantitative estimate of drug-likeness (QED) is 0.551. The Morgan fingerprint density at radius 2 is 1.89 bits per heavy atom. The van der Waals surface area contributed by atoms with E-state index in [1.807, 2.05) is 24.3 Å². The summed E-state index contributed by atoms with van der Waals surface area (Å²) in [7, 11) is 0. The van der Waals surface area contributed by atoms with Gasteiger partial charge in [0.2, 0.25) is 0 Å². The predicted octanol–water partition coefficient (Wildman–Crippen LogP) is 4.94. The van der Waals surface area contributed by atoms with Crippen LogP contribution in [0.5, 0.6) is 0 Å². The minimum absolute atomic E-state index is 0.413. The average Bonchev–Trinajstić information content (AvgIpc) is 3.38. The summed E-state index contributed by atoms with van der Waals surface area (Å²) in [6.07, 6.45) is 6.76. The van der Waals surface area contributed by atoms with Crippen molar-refractivity contribution < 1.29 is 0 Å². The third-order valence-electron chi connectivity index (χ3n) is 4.96. The Kier molecular flexibility index (Phi) is 4.18. The van der Waals surface area contributed by atoms with Crippen molar-refractivity contribution in [3.63, 3.8) is 0 Å². The molecule has 1 N–H and O–H groups in total. The second kappa shape index (κ2) is 6.96. The van der Waals surface area contributed by atoms with Crippen molar-refractivity contribution in [2.75, 3.05) is 5.32 Å². The van der Waals surface area contributed by atoms with Crippen molar-refractivity contribution in [1.82, 2.24) is 19.7 Å². The van der Waals surface area contributed by atoms with Crippen molar-refractivity contribution in [3.8, 4) is 5.69 Å². The van der Waals surface area contributed by atoms with E-state index in [0.29, 0.717) is 5.92 Å². The zero-order valence-electron chi connectivity index (χ0n) is 14.7. The first-order valence-corrected chi connectivity index (χ1v) is 9.95. The van der Waals surface area contributed by atoms with E-state index in [2.05, 4.69) is 45.7 Å². The van der Waals surface area contributed by atoms with E-state index < -0.39 is 0 Å². The van der Waals surface area contributed by atoms with Crippen LogP contribution in [-0.4, -0.2) is 19.7 Å². The lowest BCUT2D eigenvalue weighted by Gasteiger charge is -2.21. The maximum Gasteiger partial charge on any atom is 0.187 e. The van der Waals surface area contributed by atoms with Crippen LogP contribution in [0.3, 0.4) is 0 Å². The Hall–Kier alpha value is -2.99. The second-order valence-corrected chi connectivity index (χ2v) is 7.78. The summed E-state index contributed by atoms with van der Waals surface area (Å²) in [5.74, 6) is 0.413. The molecule has 0 bridgehead atoms. The molecule has 5 rings (SSSR count). The summed E-state index contributed by atoms with van der Waals surface area (Å²) in [4.78, 5) is 10.4. The molecule has 2 aromatic heterocycles. The summed E-state index contributed by atoms with van der Waals surface area (Å²) in [6.45, 7) is 0. The number of benzene rings is 2. The van der Waals surface area contributed by atoms with E-state index in [1.54, 1.807) is 22.3 Å². The Labute approximate surface area is 161 Å². The summed E-state index contributed by atoms with van der Waals surface area (Å²) in [6, 6.07) is 18.9. The largest absolute Gasteiger partial charge is 0.332 e. The number of hydrogen-bond acceptors (Lipinski definition) is 5. The van der Waals surface area contributed by atoms with E-state index in [9.17, 15) is 0 Å². The van der Waals surface area contributed by atoms with E-state index in [1.165, 1.54) is 35.3 Å². The zero-order chi connectivity index (χ0) is 18.1. The minimum Gasteiger partial charge on any atom is -0.332 e. The van der Waals surface area contributed by atoms with Crippen LogP contribution < -0.4 is 5.32 Å². The van der Waals surface area contributed by atoms with Gasteiger partial charge in [-0.2, -0.15) is 5.10 Å². The Bertz CT molecular complexity index is 1020. The lowest BCUT2D eigenvalue weighted by Crippen LogP contribution is -2.09. The highest BCUT2D eigenvalue weighted by Crippen LogP contribution is 2.40. The molecule has 0 aliphatic heterocycles. The van der Waals surface area contributed by atoms with Gasteiger partial charge in [-0.3, -0.25) is 0 Å².